The van der Waals surface area contributed by atoms with Gasteiger partial charge in [0.05, 0.1) is 31.2 Å². The number of amides is 2. The fraction of sp³-hybridized carbons (Fsp3) is 0.429. The zero-order valence-corrected chi connectivity index (χ0v) is 18.8. The summed E-state index contributed by atoms with van der Waals surface area (Å²) in [6, 6.07) is 9.71. The van der Waals surface area contributed by atoms with Crippen molar-refractivity contribution in [2.45, 2.75) is 27.3 Å². The Bertz CT molecular complexity index is 1010. The van der Waals surface area contributed by atoms with E-state index < -0.39 is 10.0 Å². The molecule has 2 aromatic rings. The van der Waals surface area contributed by atoms with Gasteiger partial charge in [-0.25, -0.2) is 23.1 Å². The molecule has 1 aromatic heterocycles. The second-order valence-corrected chi connectivity index (χ2v) is 10.1. The van der Waals surface area contributed by atoms with Crippen LogP contribution in [0.1, 0.15) is 22.4 Å². The van der Waals surface area contributed by atoms with Crippen LogP contribution in [0.15, 0.2) is 36.5 Å². The number of hydrogen-bond acceptors (Lipinski definition) is 5. The van der Waals surface area contributed by atoms with Gasteiger partial charge in [-0.15, -0.1) is 0 Å². The van der Waals surface area contributed by atoms with Crippen molar-refractivity contribution in [2.24, 2.45) is 0 Å². The zero-order valence-electron chi connectivity index (χ0n) is 18.0. The van der Waals surface area contributed by atoms with Crippen molar-refractivity contribution >= 4 is 21.7 Å². The lowest BCUT2D eigenvalue weighted by atomic mass is 10.0. The lowest BCUT2D eigenvalue weighted by Gasteiger charge is -2.41. The number of nitrogens with zero attached hydrogens (tertiary/aromatic N) is 3. The first-order valence-electron chi connectivity index (χ1n) is 9.96. The summed E-state index contributed by atoms with van der Waals surface area (Å²) in [5.41, 5.74) is 10.7. The number of hydrazine groups is 1. The molecule has 9 heteroatoms. The molecule has 1 aliphatic heterocycles. The summed E-state index contributed by atoms with van der Waals surface area (Å²) in [7, 11) is -3.28. The molecule has 0 saturated carbocycles. The molecule has 1 saturated heterocycles. The summed E-state index contributed by atoms with van der Waals surface area (Å²) in [4.78, 5) is 17.5. The van der Waals surface area contributed by atoms with Gasteiger partial charge in [-0.2, -0.15) is 4.31 Å². The first kappa shape index (κ1) is 22.2. The third-order valence-electron chi connectivity index (χ3n) is 5.74. The highest BCUT2D eigenvalue weighted by Gasteiger charge is 2.42. The Kier molecular flexibility index (Phi) is 6.44. The molecule has 1 aliphatic rings. The quantitative estimate of drug-likeness (QED) is 0.559. The van der Waals surface area contributed by atoms with Crippen molar-refractivity contribution in [1.29, 1.82) is 0 Å². The maximum Gasteiger partial charge on any atom is 0.435 e. The van der Waals surface area contributed by atoms with Crippen molar-refractivity contribution in [2.75, 3.05) is 37.9 Å². The third kappa shape index (κ3) is 5.16. The number of benzene rings is 1. The SMILES string of the molecule is Cc1ccc(NNC(=O)[N+]2(Cc3ccc(C)c(C)c3)CCN(S(C)(=O)=O)CC2)cn1. The van der Waals surface area contributed by atoms with Gasteiger partial charge >= 0.3 is 6.03 Å². The first-order valence-corrected chi connectivity index (χ1v) is 11.8. The van der Waals surface area contributed by atoms with Crippen molar-refractivity contribution in [3.8, 4) is 0 Å². The van der Waals surface area contributed by atoms with Gasteiger partial charge in [0.15, 0.2) is 0 Å². The Labute approximate surface area is 178 Å². The second-order valence-electron chi connectivity index (χ2n) is 8.07. The van der Waals surface area contributed by atoms with E-state index in [1.165, 1.54) is 21.7 Å². The van der Waals surface area contributed by atoms with Crippen molar-refractivity contribution in [1.82, 2.24) is 14.7 Å². The zero-order chi connectivity index (χ0) is 21.9. The summed E-state index contributed by atoms with van der Waals surface area (Å²) >= 11 is 0. The van der Waals surface area contributed by atoms with E-state index in [1.807, 2.05) is 25.1 Å². The minimum atomic E-state index is -3.28. The maximum absolute atomic E-state index is 13.3. The second kappa shape index (κ2) is 8.71. The minimum absolute atomic E-state index is 0.126. The molecule has 0 radical (unpaired) electrons. The van der Waals surface area contributed by atoms with Crippen molar-refractivity contribution in [3.63, 3.8) is 0 Å². The van der Waals surface area contributed by atoms with Crippen LogP contribution in [0, 0.1) is 20.8 Å². The summed E-state index contributed by atoms with van der Waals surface area (Å²) in [6.45, 7) is 7.93. The summed E-state index contributed by atoms with van der Waals surface area (Å²) < 4.78 is 25.5. The number of urea groups is 1. The molecule has 2 N–H and O–H groups in total. The molecule has 162 valence electrons. The first-order chi connectivity index (χ1) is 14.1. The Morgan fingerprint density at radius 1 is 1.10 bits per heavy atom. The van der Waals surface area contributed by atoms with Crippen LogP contribution < -0.4 is 10.9 Å². The molecule has 0 bridgehead atoms. The number of rotatable bonds is 5. The molecule has 8 nitrogen and oxygen atoms in total. The highest BCUT2D eigenvalue weighted by molar-refractivity contribution is 7.88. The lowest BCUT2D eigenvalue weighted by Crippen LogP contribution is -2.65. The highest BCUT2D eigenvalue weighted by atomic mass is 32.2. The van der Waals surface area contributed by atoms with E-state index in [1.54, 1.807) is 6.20 Å². The number of aryl methyl sites for hydroxylation is 3. The van der Waals surface area contributed by atoms with Gasteiger partial charge in [-0.3, -0.25) is 10.4 Å². The Morgan fingerprint density at radius 2 is 1.80 bits per heavy atom. The van der Waals surface area contributed by atoms with Crippen LogP contribution in [-0.4, -0.2) is 60.7 Å². The number of nitrogens with one attached hydrogen (secondary N) is 2. The van der Waals surface area contributed by atoms with E-state index in [9.17, 15) is 13.2 Å². The van der Waals surface area contributed by atoms with Crippen LogP contribution in [0.3, 0.4) is 0 Å². The summed E-state index contributed by atoms with van der Waals surface area (Å²) in [5.74, 6) is 0. The van der Waals surface area contributed by atoms with Gasteiger partial charge in [0.2, 0.25) is 10.0 Å². The standard InChI is InChI=1S/C21H29N5O3S/c1-16-5-7-19(13-17(16)2)15-26(11-9-25(10-12-26)30(4,28)29)21(27)24-23-20-8-6-18(3)22-14-20/h5-8,13-14,23H,9-12,15H2,1-4H3/p+1. The number of aromatic nitrogens is 1. The molecule has 1 aromatic carbocycles. The average Bonchev–Trinajstić information content (AvgIpc) is 2.70. The van der Waals surface area contributed by atoms with Gasteiger partial charge in [-0.1, -0.05) is 18.2 Å². The number of carbonyl (C=O) groups is 1. The van der Waals surface area contributed by atoms with Gasteiger partial charge in [0.1, 0.15) is 19.6 Å². The molecule has 0 unspecified atom stereocenters. The number of anilines is 1. The van der Waals surface area contributed by atoms with Crippen LogP contribution in [0.5, 0.6) is 0 Å². The molecule has 0 aliphatic carbocycles. The largest absolute Gasteiger partial charge is 0.435 e. The van der Waals surface area contributed by atoms with Gasteiger partial charge in [0, 0.05) is 11.3 Å². The molecule has 30 heavy (non-hydrogen) atoms. The maximum atomic E-state index is 13.3. The highest BCUT2D eigenvalue weighted by Crippen LogP contribution is 2.22. The number of quaternary nitrogens is 1. The number of sulfonamides is 1. The van der Waals surface area contributed by atoms with Crippen molar-refractivity contribution < 1.29 is 17.7 Å². The van der Waals surface area contributed by atoms with E-state index in [-0.39, 0.29) is 10.5 Å². The molecular weight excluding hydrogens is 402 g/mol. The molecule has 2 amide bonds. The van der Waals surface area contributed by atoms with Crippen LogP contribution in [0.2, 0.25) is 0 Å². The summed E-state index contributed by atoms with van der Waals surface area (Å²) in [5, 5.41) is 0. The number of hydrogen-bond donors (Lipinski definition) is 2. The van der Waals surface area contributed by atoms with E-state index >= 15 is 0 Å². The Morgan fingerprint density at radius 3 is 2.37 bits per heavy atom. The molecule has 3 rings (SSSR count). The van der Waals surface area contributed by atoms with Gasteiger partial charge in [0.25, 0.3) is 0 Å². The fourth-order valence-corrected chi connectivity index (χ4v) is 4.46. The van der Waals surface area contributed by atoms with Crippen LogP contribution >= 0.6 is 0 Å². The third-order valence-corrected chi connectivity index (χ3v) is 7.04. The normalized spacial score (nSPS) is 16.8. The number of pyridine rings is 1. The Hall–Kier alpha value is -2.49. The predicted molar refractivity (Wildman–Crippen MR) is 117 cm³/mol. The van der Waals surface area contributed by atoms with E-state index in [0.717, 1.165) is 11.3 Å². The van der Waals surface area contributed by atoms with Crippen LogP contribution in [0.4, 0.5) is 10.5 Å². The molecule has 0 spiro atoms. The lowest BCUT2D eigenvalue weighted by molar-refractivity contribution is -0.867. The van der Waals surface area contributed by atoms with Crippen molar-refractivity contribution in [3.05, 3.63) is 58.9 Å². The molecule has 1 fully saturated rings. The molecular formula is C21H30N5O3S+. The molecule has 2 heterocycles. The van der Waals surface area contributed by atoms with Gasteiger partial charge < -0.3 is 0 Å². The smallest absolute Gasteiger partial charge is 0.293 e. The predicted octanol–water partition coefficient (Wildman–Crippen LogP) is 2.34. The Balaban J connectivity index is 1.80. The number of carbonyl (C=O) groups excluding carboxylic acids is 1. The van der Waals surface area contributed by atoms with Crippen LogP contribution in [-0.2, 0) is 16.6 Å². The molecule has 0 atom stereocenters. The average molecular weight is 433 g/mol. The number of piperazine rings is 1. The van der Waals surface area contributed by atoms with E-state index in [0.29, 0.717) is 38.4 Å². The topological polar surface area (TPSA) is 91.4 Å². The van der Waals surface area contributed by atoms with Crippen LogP contribution in [0.25, 0.3) is 0 Å². The summed E-state index contributed by atoms with van der Waals surface area (Å²) in [6.07, 6.45) is 2.87. The monoisotopic (exact) mass is 432 g/mol. The van der Waals surface area contributed by atoms with Gasteiger partial charge in [-0.05, 0) is 44.0 Å². The van der Waals surface area contributed by atoms with E-state index in [4.69, 9.17) is 0 Å². The minimum Gasteiger partial charge on any atom is -0.293 e. The van der Waals surface area contributed by atoms with E-state index in [2.05, 4.69) is 41.8 Å². The fourth-order valence-electron chi connectivity index (χ4n) is 3.63.